The van der Waals surface area contributed by atoms with Crippen LogP contribution >= 0.6 is 0 Å². The molecule has 0 aliphatic rings. The Balaban J connectivity index is 4.55. The van der Waals surface area contributed by atoms with Crippen LogP contribution in [0.5, 0.6) is 0 Å². The van der Waals surface area contributed by atoms with Crippen molar-refractivity contribution < 1.29 is 24.9 Å². The Morgan fingerprint density at radius 3 is 1.82 bits per heavy atom. The van der Waals surface area contributed by atoms with Gasteiger partial charge >= 0.3 is 11.9 Å². The molecule has 2 atom stereocenters. The Morgan fingerprint density at radius 2 is 1.73 bits per heavy atom. The van der Waals surface area contributed by atoms with E-state index in [1.807, 2.05) is 0 Å². The Bertz CT molecular complexity index is 183. The minimum absolute atomic E-state index is 0.952. The number of hydrogen-bond acceptors (Lipinski definition) is 3. The van der Waals surface area contributed by atoms with E-state index in [1.165, 1.54) is 0 Å². The lowest BCUT2D eigenvalue weighted by Gasteiger charge is -2.21. The van der Waals surface area contributed by atoms with Crippen molar-refractivity contribution in [2.45, 2.75) is 19.4 Å². The van der Waals surface area contributed by atoms with Crippen molar-refractivity contribution >= 4 is 11.9 Å². The molecule has 3 N–H and O–H groups in total. The number of carbonyl (C=O) groups is 2. The number of aliphatic carboxylic acids is 2. The summed E-state index contributed by atoms with van der Waals surface area (Å²) >= 11 is 0. The molecule has 0 saturated heterocycles. The lowest BCUT2D eigenvalue weighted by Crippen LogP contribution is -2.45. The molecule has 0 heterocycles. The van der Waals surface area contributed by atoms with Crippen LogP contribution in [0, 0.1) is 5.92 Å². The molecule has 0 aromatic carbocycles. The maximum atomic E-state index is 10.3. The minimum atomic E-state index is -2.20. The third-order valence-corrected chi connectivity index (χ3v) is 1.65. The zero-order valence-corrected chi connectivity index (χ0v) is 6.24. The van der Waals surface area contributed by atoms with E-state index >= 15 is 0 Å². The molecule has 11 heavy (non-hydrogen) atoms. The smallest absolute Gasteiger partial charge is 0.336 e. The van der Waals surface area contributed by atoms with E-state index < -0.39 is 23.5 Å². The van der Waals surface area contributed by atoms with Crippen molar-refractivity contribution in [3.8, 4) is 0 Å². The summed E-state index contributed by atoms with van der Waals surface area (Å²) in [5.41, 5.74) is -2.20. The fourth-order valence-electron chi connectivity index (χ4n) is 0.426. The number of carboxylic acids is 2. The average Bonchev–Trinajstić information content (AvgIpc) is 1.85. The number of rotatable bonds is 3. The van der Waals surface area contributed by atoms with Crippen LogP contribution in [0.15, 0.2) is 0 Å². The maximum Gasteiger partial charge on any atom is 0.336 e. The fourth-order valence-corrected chi connectivity index (χ4v) is 0.426. The van der Waals surface area contributed by atoms with Crippen LogP contribution in [0.1, 0.15) is 13.8 Å². The Kier molecular flexibility index (Phi) is 2.59. The van der Waals surface area contributed by atoms with Gasteiger partial charge in [-0.3, -0.25) is 4.79 Å². The van der Waals surface area contributed by atoms with Gasteiger partial charge in [0.05, 0.1) is 5.92 Å². The van der Waals surface area contributed by atoms with Crippen molar-refractivity contribution in [3.05, 3.63) is 0 Å². The zero-order chi connectivity index (χ0) is 9.23. The molecule has 0 spiro atoms. The molecule has 0 rings (SSSR count). The van der Waals surface area contributed by atoms with Crippen molar-refractivity contribution in [2.75, 3.05) is 0 Å². The highest BCUT2D eigenvalue weighted by Gasteiger charge is 2.40. The summed E-state index contributed by atoms with van der Waals surface area (Å²) in [6, 6.07) is 0. The second kappa shape index (κ2) is 2.87. The lowest BCUT2D eigenvalue weighted by molar-refractivity contribution is -0.170. The summed E-state index contributed by atoms with van der Waals surface area (Å²) in [5, 5.41) is 25.7. The van der Waals surface area contributed by atoms with Crippen LogP contribution < -0.4 is 0 Å². The average molecular weight is 162 g/mol. The molecule has 0 radical (unpaired) electrons. The molecule has 0 fully saturated rings. The molecule has 0 aromatic heterocycles. The van der Waals surface area contributed by atoms with Crippen LogP contribution in [-0.2, 0) is 9.59 Å². The first kappa shape index (κ1) is 9.90. The largest absolute Gasteiger partial charge is 0.481 e. The van der Waals surface area contributed by atoms with Crippen LogP contribution in [0.2, 0.25) is 0 Å². The fraction of sp³-hybridized carbons (Fsp3) is 0.667. The first-order valence-corrected chi connectivity index (χ1v) is 2.98. The number of aliphatic hydroxyl groups is 1. The van der Waals surface area contributed by atoms with Gasteiger partial charge in [0.25, 0.3) is 0 Å². The van der Waals surface area contributed by atoms with Gasteiger partial charge in [-0.05, 0) is 13.8 Å². The molecule has 64 valence electrons. The van der Waals surface area contributed by atoms with Crippen LogP contribution in [-0.4, -0.2) is 32.9 Å². The molecular weight excluding hydrogens is 152 g/mol. The predicted octanol–water partition coefficient (Wildman–Crippen LogP) is -0.457. The van der Waals surface area contributed by atoms with E-state index in [0.717, 1.165) is 13.8 Å². The van der Waals surface area contributed by atoms with Crippen LogP contribution in [0.4, 0.5) is 0 Å². The standard InChI is InChI=1S/C6H10O5/c1-3(4(7)8)6(2,11)5(9)10/h3,11H,1-2H3,(H,7,8)(H,9,10)/t3?,6-/m0/s1. The monoisotopic (exact) mass is 162 g/mol. The van der Waals surface area contributed by atoms with Gasteiger partial charge in [0.1, 0.15) is 0 Å². The van der Waals surface area contributed by atoms with Crippen molar-refractivity contribution in [2.24, 2.45) is 5.92 Å². The third-order valence-electron chi connectivity index (χ3n) is 1.65. The Hall–Kier alpha value is -1.10. The van der Waals surface area contributed by atoms with Gasteiger partial charge in [-0.15, -0.1) is 0 Å². The first-order valence-electron chi connectivity index (χ1n) is 2.98. The van der Waals surface area contributed by atoms with Gasteiger partial charge in [0.2, 0.25) is 0 Å². The summed E-state index contributed by atoms with van der Waals surface area (Å²) in [7, 11) is 0. The summed E-state index contributed by atoms with van der Waals surface area (Å²) in [5.74, 6) is -4.19. The molecule has 0 aliphatic carbocycles. The normalized spacial score (nSPS) is 18.5. The van der Waals surface area contributed by atoms with Gasteiger partial charge in [0.15, 0.2) is 5.60 Å². The highest BCUT2D eigenvalue weighted by Crippen LogP contribution is 2.16. The highest BCUT2D eigenvalue weighted by molar-refractivity contribution is 5.84. The summed E-state index contributed by atoms with van der Waals surface area (Å²) in [4.78, 5) is 20.5. The minimum Gasteiger partial charge on any atom is -0.481 e. The van der Waals surface area contributed by atoms with E-state index in [0.29, 0.717) is 0 Å². The number of hydrogen-bond donors (Lipinski definition) is 3. The molecule has 1 unspecified atom stereocenters. The van der Waals surface area contributed by atoms with Crippen LogP contribution in [0.25, 0.3) is 0 Å². The van der Waals surface area contributed by atoms with Gasteiger partial charge < -0.3 is 15.3 Å². The van der Waals surface area contributed by atoms with E-state index in [9.17, 15) is 9.59 Å². The van der Waals surface area contributed by atoms with Gasteiger partial charge in [-0.1, -0.05) is 0 Å². The second-order valence-electron chi connectivity index (χ2n) is 2.51. The molecule has 5 heteroatoms. The molecule has 0 saturated carbocycles. The predicted molar refractivity (Wildman–Crippen MR) is 35.1 cm³/mol. The summed E-state index contributed by atoms with van der Waals surface area (Å²) < 4.78 is 0. The first-order chi connectivity index (χ1) is 4.80. The van der Waals surface area contributed by atoms with Gasteiger partial charge in [-0.25, -0.2) is 4.79 Å². The Morgan fingerprint density at radius 1 is 1.36 bits per heavy atom. The molecule has 5 nitrogen and oxygen atoms in total. The van der Waals surface area contributed by atoms with E-state index in [-0.39, 0.29) is 0 Å². The van der Waals surface area contributed by atoms with Gasteiger partial charge in [0, 0.05) is 0 Å². The summed E-state index contributed by atoms with van der Waals surface area (Å²) in [6.45, 7) is 2.09. The molecule has 0 aromatic rings. The molecule has 0 aliphatic heterocycles. The molecule has 0 amide bonds. The van der Waals surface area contributed by atoms with E-state index in [4.69, 9.17) is 15.3 Å². The molecular formula is C6H10O5. The van der Waals surface area contributed by atoms with Crippen molar-refractivity contribution in [3.63, 3.8) is 0 Å². The SMILES string of the molecule is CC(C(=O)O)[C@](C)(O)C(=O)O. The topological polar surface area (TPSA) is 94.8 Å². The van der Waals surface area contributed by atoms with Crippen molar-refractivity contribution in [1.82, 2.24) is 0 Å². The maximum absolute atomic E-state index is 10.3. The quantitative estimate of drug-likeness (QED) is 0.522. The zero-order valence-electron chi connectivity index (χ0n) is 6.24. The lowest BCUT2D eigenvalue weighted by atomic mass is 9.91. The van der Waals surface area contributed by atoms with E-state index in [1.54, 1.807) is 0 Å². The highest BCUT2D eigenvalue weighted by atomic mass is 16.4. The van der Waals surface area contributed by atoms with E-state index in [2.05, 4.69) is 0 Å². The van der Waals surface area contributed by atoms with Crippen LogP contribution in [0.3, 0.4) is 0 Å². The summed E-state index contributed by atoms with van der Waals surface area (Å²) in [6.07, 6.45) is 0. The molecule has 0 bridgehead atoms. The number of carboxylic acid groups (broad SMARTS) is 2. The third kappa shape index (κ3) is 1.91. The Labute approximate surface area is 63.3 Å². The van der Waals surface area contributed by atoms with Crippen molar-refractivity contribution in [1.29, 1.82) is 0 Å². The second-order valence-corrected chi connectivity index (χ2v) is 2.51. The van der Waals surface area contributed by atoms with Gasteiger partial charge in [-0.2, -0.15) is 0 Å².